The highest BCUT2D eigenvalue weighted by molar-refractivity contribution is 7.98. The van der Waals surface area contributed by atoms with E-state index in [2.05, 4.69) is 17.6 Å². The molecule has 0 spiro atoms. The van der Waals surface area contributed by atoms with E-state index < -0.39 is 41.6 Å². The molecule has 1 rings (SSSR count). The number of carbonyl (C=O) groups is 4. The summed E-state index contributed by atoms with van der Waals surface area (Å²) in [5.41, 5.74) is -0.247. The molecule has 0 radical (unpaired) electrons. The Hall–Kier alpha value is -2.95. The van der Waals surface area contributed by atoms with Crippen LogP contribution in [0.5, 0.6) is 5.75 Å². The molecule has 3 amide bonds. The Balaban J connectivity index is 3.39. The number of alkyl carbamates (subject to hydrolysis) is 1. The van der Waals surface area contributed by atoms with Crippen LogP contribution in [0.3, 0.4) is 0 Å². The van der Waals surface area contributed by atoms with Gasteiger partial charge in [-0.15, -0.1) is 0 Å². The van der Waals surface area contributed by atoms with E-state index in [1.807, 2.05) is 6.26 Å². The second kappa shape index (κ2) is 19.2. The first-order valence-corrected chi connectivity index (χ1v) is 15.8. The fourth-order valence-electron chi connectivity index (χ4n) is 4.14. The minimum atomic E-state index is -1.05. The monoisotopic (exact) mass is 595 g/mol. The second-order valence-corrected chi connectivity index (χ2v) is 11.8. The maximum atomic E-state index is 14.2. The average Bonchev–Trinajstić information content (AvgIpc) is 2.89. The van der Waals surface area contributed by atoms with Crippen molar-refractivity contribution < 1.29 is 33.8 Å². The SMILES string of the molecule is CCCCCCCN(C(=O)C(CCSC)NC(=O)OC(C)(C)C)C(C(=O)NCCC(=O)OCC)c1ccc(O)cc1. The van der Waals surface area contributed by atoms with Gasteiger partial charge in [-0.05, 0) is 70.2 Å². The number of phenolic OH excluding ortho intramolecular Hbond substituents is 1. The molecule has 2 atom stereocenters. The van der Waals surface area contributed by atoms with Gasteiger partial charge in [-0.25, -0.2) is 4.79 Å². The van der Waals surface area contributed by atoms with E-state index in [0.717, 1.165) is 25.7 Å². The van der Waals surface area contributed by atoms with Gasteiger partial charge in [0.2, 0.25) is 11.8 Å². The molecule has 11 heteroatoms. The third kappa shape index (κ3) is 14.5. The normalized spacial score (nSPS) is 12.6. The molecule has 10 nitrogen and oxygen atoms in total. The molecule has 3 N–H and O–H groups in total. The van der Waals surface area contributed by atoms with Gasteiger partial charge < -0.3 is 30.1 Å². The molecule has 0 aliphatic rings. The predicted octanol–water partition coefficient (Wildman–Crippen LogP) is 4.95. The molecule has 0 fully saturated rings. The molecule has 0 saturated carbocycles. The van der Waals surface area contributed by atoms with Crippen LogP contribution in [0.15, 0.2) is 24.3 Å². The van der Waals surface area contributed by atoms with E-state index in [4.69, 9.17) is 9.47 Å². The summed E-state index contributed by atoms with van der Waals surface area (Å²) in [6.07, 6.45) is 6.22. The smallest absolute Gasteiger partial charge is 0.408 e. The van der Waals surface area contributed by atoms with Crippen molar-refractivity contribution in [3.05, 3.63) is 29.8 Å². The van der Waals surface area contributed by atoms with Crippen LogP contribution >= 0.6 is 11.8 Å². The first-order valence-electron chi connectivity index (χ1n) is 14.4. The number of ether oxygens (including phenoxy) is 2. The zero-order valence-electron chi connectivity index (χ0n) is 25.5. The van der Waals surface area contributed by atoms with E-state index >= 15 is 0 Å². The summed E-state index contributed by atoms with van der Waals surface area (Å²) in [5, 5.41) is 15.4. The number of nitrogens with zero attached hydrogens (tertiary/aromatic N) is 1. The van der Waals surface area contributed by atoms with Crippen molar-refractivity contribution in [2.45, 2.75) is 97.2 Å². The number of carbonyl (C=O) groups excluding carboxylic acids is 4. The standard InChI is InChI=1S/C30H49N3O7S/c1-7-9-10-11-12-20-33(28(37)24(18-21-41-6)32-29(38)40-30(3,4)5)26(22-13-15-23(34)16-14-22)27(36)31-19-17-25(35)39-8-2/h13-16,24,26,34H,7-12,17-21H2,1-6H3,(H,31,36)(H,32,38). The Morgan fingerprint density at radius 1 is 1.02 bits per heavy atom. The molecule has 1 aromatic rings. The fourth-order valence-corrected chi connectivity index (χ4v) is 4.61. The lowest BCUT2D eigenvalue weighted by Gasteiger charge is -2.34. The van der Waals surface area contributed by atoms with E-state index in [0.29, 0.717) is 24.2 Å². The van der Waals surface area contributed by atoms with Gasteiger partial charge in [0, 0.05) is 13.1 Å². The number of amides is 3. The number of rotatable bonds is 18. The van der Waals surface area contributed by atoms with Gasteiger partial charge in [-0.1, -0.05) is 44.7 Å². The zero-order valence-corrected chi connectivity index (χ0v) is 26.3. The Bertz CT molecular complexity index is 950. The number of esters is 1. The molecule has 41 heavy (non-hydrogen) atoms. The minimum absolute atomic E-state index is 0.0105. The van der Waals surface area contributed by atoms with Crippen molar-refractivity contribution in [2.75, 3.05) is 31.7 Å². The maximum Gasteiger partial charge on any atom is 0.408 e. The topological polar surface area (TPSA) is 134 Å². The molecule has 0 bridgehead atoms. The Morgan fingerprint density at radius 3 is 2.27 bits per heavy atom. The quantitative estimate of drug-likeness (QED) is 0.160. The van der Waals surface area contributed by atoms with Crippen molar-refractivity contribution in [1.82, 2.24) is 15.5 Å². The summed E-state index contributed by atoms with van der Waals surface area (Å²) < 4.78 is 10.4. The van der Waals surface area contributed by atoms with Crippen molar-refractivity contribution in [3.8, 4) is 5.75 Å². The zero-order chi connectivity index (χ0) is 30.8. The summed E-state index contributed by atoms with van der Waals surface area (Å²) in [5.74, 6) is -0.679. The summed E-state index contributed by atoms with van der Waals surface area (Å²) in [6, 6.07) is 4.15. The predicted molar refractivity (Wildman–Crippen MR) is 162 cm³/mol. The number of thioether (sulfide) groups is 1. The lowest BCUT2D eigenvalue weighted by atomic mass is 10.0. The van der Waals surface area contributed by atoms with E-state index in [9.17, 15) is 24.3 Å². The summed E-state index contributed by atoms with van der Waals surface area (Å²) in [7, 11) is 0. The fraction of sp³-hybridized carbons (Fsp3) is 0.667. The number of hydrogen-bond acceptors (Lipinski definition) is 8. The minimum Gasteiger partial charge on any atom is -0.508 e. The summed E-state index contributed by atoms with van der Waals surface area (Å²) >= 11 is 1.54. The molecule has 2 unspecified atom stereocenters. The van der Waals surface area contributed by atoms with Gasteiger partial charge in [0.15, 0.2) is 0 Å². The highest BCUT2D eigenvalue weighted by Gasteiger charge is 2.36. The van der Waals surface area contributed by atoms with Crippen molar-refractivity contribution in [3.63, 3.8) is 0 Å². The van der Waals surface area contributed by atoms with Crippen LogP contribution in [0, 0.1) is 0 Å². The Kier molecular flexibility index (Phi) is 16.9. The first-order chi connectivity index (χ1) is 19.4. The number of benzene rings is 1. The van der Waals surface area contributed by atoms with Gasteiger partial charge >= 0.3 is 12.1 Å². The number of aromatic hydroxyl groups is 1. The lowest BCUT2D eigenvalue weighted by molar-refractivity contribution is -0.144. The average molecular weight is 596 g/mol. The molecule has 232 valence electrons. The maximum absolute atomic E-state index is 14.2. The van der Waals surface area contributed by atoms with E-state index in [1.54, 1.807) is 51.6 Å². The van der Waals surface area contributed by atoms with Gasteiger partial charge in [0.25, 0.3) is 0 Å². The van der Waals surface area contributed by atoms with Crippen LogP contribution in [0.25, 0.3) is 0 Å². The summed E-state index contributed by atoms with van der Waals surface area (Å²) in [4.78, 5) is 53.9. The van der Waals surface area contributed by atoms with E-state index in [-0.39, 0.29) is 31.9 Å². The molecular weight excluding hydrogens is 546 g/mol. The number of hydrogen-bond donors (Lipinski definition) is 3. The third-order valence-corrected chi connectivity index (χ3v) is 6.73. The van der Waals surface area contributed by atoms with Crippen LogP contribution in [0.1, 0.15) is 91.2 Å². The molecule has 0 aliphatic carbocycles. The van der Waals surface area contributed by atoms with Crippen molar-refractivity contribution >= 4 is 35.6 Å². The van der Waals surface area contributed by atoms with Gasteiger partial charge in [0.05, 0.1) is 13.0 Å². The lowest BCUT2D eigenvalue weighted by Crippen LogP contribution is -2.53. The second-order valence-electron chi connectivity index (χ2n) is 10.8. The molecule has 0 saturated heterocycles. The van der Waals surface area contributed by atoms with Crippen LogP contribution < -0.4 is 10.6 Å². The van der Waals surface area contributed by atoms with E-state index in [1.165, 1.54) is 17.0 Å². The van der Waals surface area contributed by atoms with Crippen LogP contribution in [0.4, 0.5) is 4.79 Å². The molecule has 1 aromatic carbocycles. The number of nitrogens with one attached hydrogen (secondary N) is 2. The highest BCUT2D eigenvalue weighted by Crippen LogP contribution is 2.26. The third-order valence-electron chi connectivity index (χ3n) is 6.09. The van der Waals surface area contributed by atoms with Crippen LogP contribution in [-0.4, -0.2) is 77.2 Å². The first kappa shape index (κ1) is 36.1. The summed E-state index contributed by atoms with van der Waals surface area (Å²) in [6.45, 7) is 9.63. The highest BCUT2D eigenvalue weighted by atomic mass is 32.2. The van der Waals surface area contributed by atoms with Crippen molar-refractivity contribution in [1.29, 1.82) is 0 Å². The van der Waals surface area contributed by atoms with Gasteiger partial charge in [-0.2, -0.15) is 11.8 Å². The molecule has 0 aromatic heterocycles. The molecular formula is C30H49N3O7S. The Morgan fingerprint density at radius 2 is 1.68 bits per heavy atom. The van der Waals surface area contributed by atoms with Gasteiger partial charge in [0.1, 0.15) is 23.4 Å². The largest absolute Gasteiger partial charge is 0.508 e. The molecule has 0 heterocycles. The number of phenols is 1. The van der Waals surface area contributed by atoms with Crippen LogP contribution in [-0.2, 0) is 23.9 Å². The van der Waals surface area contributed by atoms with Crippen molar-refractivity contribution in [2.24, 2.45) is 0 Å². The van der Waals surface area contributed by atoms with Crippen LogP contribution in [0.2, 0.25) is 0 Å². The molecule has 0 aliphatic heterocycles. The number of unbranched alkanes of at least 4 members (excludes halogenated alkanes) is 4. The van der Waals surface area contributed by atoms with Gasteiger partial charge in [-0.3, -0.25) is 14.4 Å². The Labute approximate surface area is 249 Å².